The monoisotopic (exact) mass is 196 g/mol. The first-order valence-electron chi connectivity index (χ1n) is 4.24. The maximum Gasteiger partial charge on any atom is 0.336 e. The molecule has 0 aliphatic rings. The number of aliphatic hydroxyl groups excluding tert-OH is 2. The molecule has 0 aliphatic heterocycles. The van der Waals surface area contributed by atoms with Crippen molar-refractivity contribution in [2.75, 3.05) is 0 Å². The first-order chi connectivity index (χ1) is 6.59. The summed E-state index contributed by atoms with van der Waals surface area (Å²) in [4.78, 5) is 10.8. The molecule has 76 valence electrons. The average Bonchev–Trinajstić information content (AvgIpc) is 2.14. The van der Waals surface area contributed by atoms with Crippen molar-refractivity contribution in [1.82, 2.24) is 0 Å². The van der Waals surface area contributed by atoms with Crippen LogP contribution in [0, 0.1) is 0 Å². The summed E-state index contributed by atoms with van der Waals surface area (Å²) < 4.78 is 4.77. The maximum atomic E-state index is 10.8. The molecule has 1 aromatic rings. The van der Waals surface area contributed by atoms with Gasteiger partial charge in [-0.25, -0.2) is 4.79 Å². The van der Waals surface area contributed by atoms with Crippen LogP contribution in [0.4, 0.5) is 0 Å². The van der Waals surface area contributed by atoms with Gasteiger partial charge in [0.15, 0.2) is 0 Å². The van der Waals surface area contributed by atoms with E-state index in [-0.39, 0.29) is 0 Å². The van der Waals surface area contributed by atoms with Gasteiger partial charge in [0, 0.05) is 6.07 Å². The molecule has 1 aromatic heterocycles. The topological polar surface area (TPSA) is 70.7 Å². The lowest BCUT2D eigenvalue weighted by Gasteiger charge is -2.06. The Bertz CT molecular complexity index is 364. The van der Waals surface area contributed by atoms with E-state index in [9.17, 15) is 9.90 Å². The summed E-state index contributed by atoms with van der Waals surface area (Å²) in [5.74, 6) is 0.345. The summed E-state index contributed by atoms with van der Waals surface area (Å²) in [7, 11) is 0. The Hall–Kier alpha value is -1.39. The van der Waals surface area contributed by atoms with Crippen molar-refractivity contribution in [1.29, 1.82) is 0 Å². The van der Waals surface area contributed by atoms with Gasteiger partial charge in [0.05, 0.1) is 12.2 Å². The van der Waals surface area contributed by atoms with Gasteiger partial charge < -0.3 is 14.6 Å². The summed E-state index contributed by atoms with van der Waals surface area (Å²) >= 11 is 0. The fourth-order valence-corrected chi connectivity index (χ4v) is 0.850. The second-order valence-corrected chi connectivity index (χ2v) is 2.94. The second kappa shape index (κ2) is 4.74. The molecule has 0 saturated heterocycles. The van der Waals surface area contributed by atoms with Gasteiger partial charge in [-0.15, -0.1) is 0 Å². The van der Waals surface area contributed by atoms with Gasteiger partial charge in [-0.2, -0.15) is 0 Å². The molecule has 0 aromatic carbocycles. The van der Waals surface area contributed by atoms with Crippen molar-refractivity contribution in [2.45, 2.75) is 19.1 Å². The fraction of sp³-hybridized carbons (Fsp3) is 0.300. The molecular formula is C10H12O4. The molecule has 2 atom stereocenters. The molecule has 0 radical (unpaired) electrons. The Morgan fingerprint density at radius 1 is 1.43 bits per heavy atom. The van der Waals surface area contributed by atoms with Crippen LogP contribution in [0.1, 0.15) is 12.7 Å². The van der Waals surface area contributed by atoms with Crippen LogP contribution < -0.4 is 5.63 Å². The molecule has 0 aliphatic carbocycles. The van der Waals surface area contributed by atoms with E-state index in [1.165, 1.54) is 25.1 Å². The lowest BCUT2D eigenvalue weighted by Crippen LogP contribution is -2.19. The summed E-state index contributed by atoms with van der Waals surface area (Å²) in [5, 5.41) is 18.2. The minimum atomic E-state index is -0.958. The molecule has 0 bridgehead atoms. The molecule has 0 saturated carbocycles. The van der Waals surface area contributed by atoms with Crippen LogP contribution in [0.2, 0.25) is 0 Å². The molecule has 1 heterocycles. The van der Waals surface area contributed by atoms with Crippen LogP contribution in [-0.2, 0) is 0 Å². The average molecular weight is 196 g/mol. The summed E-state index contributed by atoms with van der Waals surface area (Å²) in [6, 6.07) is 4.44. The van der Waals surface area contributed by atoms with E-state index in [1.54, 1.807) is 12.1 Å². The Morgan fingerprint density at radius 3 is 2.71 bits per heavy atom. The molecule has 0 fully saturated rings. The molecule has 0 unspecified atom stereocenters. The number of hydrogen-bond donors (Lipinski definition) is 2. The summed E-state index contributed by atoms with van der Waals surface area (Å²) in [6.45, 7) is 1.47. The third-order valence-electron chi connectivity index (χ3n) is 1.66. The quantitative estimate of drug-likeness (QED) is 0.733. The van der Waals surface area contributed by atoms with E-state index in [0.29, 0.717) is 5.76 Å². The van der Waals surface area contributed by atoms with E-state index in [0.717, 1.165) is 0 Å². The van der Waals surface area contributed by atoms with E-state index < -0.39 is 17.8 Å². The molecular weight excluding hydrogens is 184 g/mol. The summed E-state index contributed by atoms with van der Waals surface area (Å²) in [5.41, 5.74) is -0.446. The normalized spacial score (nSPS) is 15.6. The van der Waals surface area contributed by atoms with Gasteiger partial charge >= 0.3 is 5.63 Å². The van der Waals surface area contributed by atoms with Crippen molar-refractivity contribution in [3.05, 3.63) is 40.5 Å². The van der Waals surface area contributed by atoms with Crippen LogP contribution in [0.25, 0.3) is 6.08 Å². The highest BCUT2D eigenvalue weighted by Crippen LogP contribution is 2.01. The van der Waals surface area contributed by atoms with E-state index in [4.69, 9.17) is 9.52 Å². The molecule has 4 nitrogen and oxygen atoms in total. The van der Waals surface area contributed by atoms with Crippen LogP contribution in [0.5, 0.6) is 0 Å². The Morgan fingerprint density at radius 2 is 2.14 bits per heavy atom. The zero-order valence-electron chi connectivity index (χ0n) is 7.75. The van der Waals surface area contributed by atoms with Crippen molar-refractivity contribution in [3.8, 4) is 0 Å². The van der Waals surface area contributed by atoms with Crippen LogP contribution >= 0.6 is 0 Å². The maximum absolute atomic E-state index is 10.8. The first kappa shape index (κ1) is 10.7. The van der Waals surface area contributed by atoms with E-state index >= 15 is 0 Å². The molecule has 14 heavy (non-hydrogen) atoms. The van der Waals surface area contributed by atoms with Gasteiger partial charge in [-0.3, -0.25) is 0 Å². The minimum Gasteiger partial charge on any atom is -0.423 e. The lowest BCUT2D eigenvalue weighted by molar-refractivity contribution is 0.0623. The van der Waals surface area contributed by atoms with Crippen molar-refractivity contribution >= 4 is 6.08 Å². The van der Waals surface area contributed by atoms with Crippen molar-refractivity contribution in [3.63, 3.8) is 0 Å². The van der Waals surface area contributed by atoms with Gasteiger partial charge in [0.1, 0.15) is 5.76 Å². The first-order valence-corrected chi connectivity index (χ1v) is 4.24. The lowest BCUT2D eigenvalue weighted by atomic mass is 10.2. The minimum absolute atomic E-state index is 0.345. The third-order valence-corrected chi connectivity index (χ3v) is 1.66. The van der Waals surface area contributed by atoms with Crippen LogP contribution in [0.15, 0.2) is 33.5 Å². The molecule has 0 amide bonds. The predicted octanol–water partition coefficient (Wildman–Crippen LogP) is 0.395. The second-order valence-electron chi connectivity index (χ2n) is 2.94. The highest BCUT2D eigenvalue weighted by Gasteiger charge is 2.05. The highest BCUT2D eigenvalue weighted by atomic mass is 16.4. The van der Waals surface area contributed by atoms with E-state index in [2.05, 4.69) is 0 Å². The Labute approximate surface area is 81.1 Å². The van der Waals surface area contributed by atoms with Crippen LogP contribution in [-0.4, -0.2) is 22.4 Å². The SMILES string of the molecule is C[C@H](O)[C@H](O)/C=C/c1cccc(=O)o1. The van der Waals surface area contributed by atoms with Crippen molar-refractivity contribution in [2.24, 2.45) is 0 Å². The van der Waals surface area contributed by atoms with Crippen LogP contribution in [0.3, 0.4) is 0 Å². The largest absolute Gasteiger partial charge is 0.423 e. The van der Waals surface area contributed by atoms with Gasteiger partial charge in [-0.05, 0) is 25.1 Å². The van der Waals surface area contributed by atoms with Gasteiger partial charge in [-0.1, -0.05) is 6.07 Å². The smallest absolute Gasteiger partial charge is 0.336 e. The summed E-state index contributed by atoms with van der Waals surface area (Å²) in [6.07, 6.45) is 1.00. The van der Waals surface area contributed by atoms with Gasteiger partial charge in [0.2, 0.25) is 0 Å². The molecule has 4 heteroatoms. The molecule has 1 rings (SSSR count). The van der Waals surface area contributed by atoms with Gasteiger partial charge in [0.25, 0.3) is 0 Å². The number of hydrogen-bond acceptors (Lipinski definition) is 4. The molecule has 0 spiro atoms. The number of aliphatic hydroxyl groups is 2. The zero-order chi connectivity index (χ0) is 10.6. The standard InChI is InChI=1S/C10H12O4/c1-7(11)9(12)6-5-8-3-2-4-10(13)14-8/h2-7,9,11-12H,1H3/b6-5+/t7-,9+/m0/s1. The zero-order valence-corrected chi connectivity index (χ0v) is 7.75. The van der Waals surface area contributed by atoms with Crippen molar-refractivity contribution < 1.29 is 14.6 Å². The highest BCUT2D eigenvalue weighted by molar-refractivity contribution is 5.42. The van der Waals surface area contributed by atoms with E-state index in [1.807, 2.05) is 0 Å². The Kier molecular flexibility index (Phi) is 3.62. The molecule has 2 N–H and O–H groups in total. The third kappa shape index (κ3) is 3.16. The number of rotatable bonds is 3. The fourth-order valence-electron chi connectivity index (χ4n) is 0.850. The predicted molar refractivity (Wildman–Crippen MR) is 51.7 cm³/mol. The Balaban J connectivity index is 2.73.